The number of nitrogens with one attached hydrogen (secondary N) is 1. The number of carbonyl (C=O) groups excluding carboxylic acids is 1. The van der Waals surface area contributed by atoms with Gasteiger partial charge in [0.25, 0.3) is 0 Å². The number of likely N-dealkylation sites (tertiary alicyclic amines) is 1. The molecule has 0 bridgehead atoms. The fraction of sp³-hybridized carbons (Fsp3) is 0.875. The van der Waals surface area contributed by atoms with Crippen LogP contribution in [0.3, 0.4) is 0 Å². The summed E-state index contributed by atoms with van der Waals surface area (Å²) in [5.74, 6) is 0. The molecule has 0 saturated carbocycles. The lowest BCUT2D eigenvalue weighted by Crippen LogP contribution is -2.25. The van der Waals surface area contributed by atoms with E-state index in [-0.39, 0.29) is 6.04 Å². The molecule has 1 aliphatic heterocycles. The summed E-state index contributed by atoms with van der Waals surface area (Å²) >= 11 is 0. The van der Waals surface area contributed by atoms with E-state index in [0.29, 0.717) is 0 Å². The van der Waals surface area contributed by atoms with Crippen LogP contribution >= 0.6 is 0 Å². The van der Waals surface area contributed by atoms with Crippen molar-refractivity contribution in [3.05, 3.63) is 0 Å². The first-order chi connectivity index (χ1) is 5.26. The smallest absolute Gasteiger partial charge is 0.137 e. The monoisotopic (exact) mass is 158 g/mol. The summed E-state index contributed by atoms with van der Waals surface area (Å²) in [5, 5.41) is 2.75. The van der Waals surface area contributed by atoms with Gasteiger partial charge in [0.1, 0.15) is 6.29 Å². The Morgan fingerprint density at radius 3 is 2.27 bits per heavy atom. The van der Waals surface area contributed by atoms with E-state index < -0.39 is 0 Å². The molecule has 1 rings (SSSR count). The van der Waals surface area contributed by atoms with E-state index in [4.69, 9.17) is 0 Å². The molecule has 0 aromatic heterocycles. The molecule has 1 heterocycles. The number of hydrogen-bond acceptors (Lipinski definition) is 3. The minimum absolute atomic E-state index is 0.218. The quantitative estimate of drug-likeness (QED) is 0.550. The summed E-state index contributed by atoms with van der Waals surface area (Å²) in [4.78, 5) is 12.3. The maximum atomic E-state index is 10.2. The third-order valence-electron chi connectivity index (χ3n) is 1.73. The molecular weight excluding hydrogens is 140 g/mol. The Morgan fingerprint density at radius 2 is 2.09 bits per heavy atom. The zero-order chi connectivity index (χ0) is 8.69. The van der Waals surface area contributed by atoms with Crippen molar-refractivity contribution in [2.45, 2.75) is 18.9 Å². The van der Waals surface area contributed by atoms with Crippen LogP contribution in [0.1, 0.15) is 12.8 Å². The van der Waals surface area contributed by atoms with Crippen LogP contribution < -0.4 is 5.32 Å². The summed E-state index contributed by atoms with van der Waals surface area (Å²) in [5.41, 5.74) is 0. The molecule has 0 radical (unpaired) electrons. The van der Waals surface area contributed by atoms with E-state index >= 15 is 0 Å². The zero-order valence-corrected chi connectivity index (χ0v) is 7.63. The van der Waals surface area contributed by atoms with E-state index in [2.05, 4.69) is 10.2 Å². The predicted octanol–water partition coefficient (Wildman–Crippen LogP) is 0.115. The van der Waals surface area contributed by atoms with Gasteiger partial charge in [-0.05, 0) is 40.5 Å². The van der Waals surface area contributed by atoms with E-state index in [0.717, 1.165) is 19.3 Å². The molecule has 0 spiro atoms. The topological polar surface area (TPSA) is 32.3 Å². The maximum Gasteiger partial charge on any atom is 0.137 e. The van der Waals surface area contributed by atoms with Gasteiger partial charge in [-0.15, -0.1) is 0 Å². The van der Waals surface area contributed by atoms with Crippen LogP contribution in [-0.4, -0.2) is 44.9 Å². The largest absolute Gasteiger partial charge is 0.323 e. The van der Waals surface area contributed by atoms with Crippen LogP contribution in [0.2, 0.25) is 0 Å². The summed E-state index contributed by atoms with van der Waals surface area (Å²) in [6.45, 7) is 1.09. The van der Waals surface area contributed by atoms with Crippen LogP contribution in [0.25, 0.3) is 0 Å². The van der Waals surface area contributed by atoms with Crippen LogP contribution in [0, 0.1) is 0 Å². The molecule has 1 fully saturated rings. The minimum atomic E-state index is 0.218. The van der Waals surface area contributed by atoms with Gasteiger partial charge in [-0.2, -0.15) is 0 Å². The Morgan fingerprint density at radius 1 is 1.55 bits per heavy atom. The molecule has 0 aromatic carbocycles. The molecule has 3 nitrogen and oxygen atoms in total. The predicted molar refractivity (Wildman–Crippen MR) is 46.7 cm³/mol. The molecule has 1 unspecified atom stereocenters. The van der Waals surface area contributed by atoms with Crippen molar-refractivity contribution >= 4 is 6.29 Å². The SMILES string of the molecule is CN1CCCC1C=O.CNC. The third kappa shape index (κ3) is 4.11. The van der Waals surface area contributed by atoms with E-state index in [1.54, 1.807) is 0 Å². The van der Waals surface area contributed by atoms with Crippen LogP contribution in [0.4, 0.5) is 0 Å². The molecule has 1 atom stereocenters. The molecule has 66 valence electrons. The van der Waals surface area contributed by atoms with E-state index in [9.17, 15) is 4.79 Å². The van der Waals surface area contributed by atoms with Gasteiger partial charge in [-0.25, -0.2) is 0 Å². The van der Waals surface area contributed by atoms with Gasteiger partial charge in [-0.3, -0.25) is 4.90 Å². The third-order valence-corrected chi connectivity index (χ3v) is 1.73. The van der Waals surface area contributed by atoms with Crippen LogP contribution in [0.15, 0.2) is 0 Å². The van der Waals surface area contributed by atoms with Crippen LogP contribution in [-0.2, 0) is 4.79 Å². The maximum absolute atomic E-state index is 10.2. The molecule has 1 saturated heterocycles. The van der Waals surface area contributed by atoms with Crippen molar-refractivity contribution in [2.24, 2.45) is 0 Å². The standard InChI is InChI=1S/C6H11NO.C2H7N/c1-7-4-2-3-6(7)5-8;1-3-2/h5-6H,2-4H2,1H3;3H,1-2H3. The van der Waals surface area contributed by atoms with Gasteiger partial charge in [0, 0.05) is 0 Å². The molecule has 1 aliphatic rings. The lowest BCUT2D eigenvalue weighted by molar-refractivity contribution is -0.111. The van der Waals surface area contributed by atoms with Crippen molar-refractivity contribution in [1.29, 1.82) is 0 Å². The average molecular weight is 158 g/mol. The second kappa shape index (κ2) is 6.31. The van der Waals surface area contributed by atoms with E-state index in [1.807, 2.05) is 21.1 Å². The number of nitrogens with zero attached hydrogens (tertiary/aromatic N) is 1. The lowest BCUT2D eigenvalue weighted by Gasteiger charge is -2.10. The lowest BCUT2D eigenvalue weighted by atomic mass is 10.2. The Hall–Kier alpha value is -0.410. The Kier molecular flexibility index (Phi) is 6.07. The van der Waals surface area contributed by atoms with Gasteiger partial charge in [0.15, 0.2) is 0 Å². The molecule has 3 heteroatoms. The summed E-state index contributed by atoms with van der Waals surface area (Å²) < 4.78 is 0. The van der Waals surface area contributed by atoms with Crippen molar-refractivity contribution < 1.29 is 4.79 Å². The Bertz CT molecular complexity index is 106. The van der Waals surface area contributed by atoms with Crippen LogP contribution in [0.5, 0.6) is 0 Å². The fourth-order valence-corrected chi connectivity index (χ4v) is 1.11. The first-order valence-corrected chi connectivity index (χ1v) is 4.00. The highest BCUT2D eigenvalue weighted by molar-refractivity contribution is 5.57. The second-order valence-corrected chi connectivity index (χ2v) is 2.83. The highest BCUT2D eigenvalue weighted by Gasteiger charge is 2.18. The normalized spacial score (nSPS) is 24.1. The summed E-state index contributed by atoms with van der Waals surface area (Å²) in [7, 11) is 5.74. The van der Waals surface area contributed by atoms with Crippen molar-refractivity contribution in [3.63, 3.8) is 0 Å². The first-order valence-electron chi connectivity index (χ1n) is 4.00. The number of hydrogen-bond donors (Lipinski definition) is 1. The highest BCUT2D eigenvalue weighted by Crippen LogP contribution is 2.11. The van der Waals surface area contributed by atoms with E-state index in [1.165, 1.54) is 6.42 Å². The fourth-order valence-electron chi connectivity index (χ4n) is 1.11. The minimum Gasteiger partial charge on any atom is -0.323 e. The number of likely N-dealkylation sites (N-methyl/N-ethyl adjacent to an activating group) is 1. The summed E-state index contributed by atoms with van der Waals surface area (Å²) in [6, 6.07) is 0.218. The van der Waals surface area contributed by atoms with Gasteiger partial charge >= 0.3 is 0 Å². The summed E-state index contributed by atoms with van der Waals surface area (Å²) in [6.07, 6.45) is 3.27. The Balaban J connectivity index is 0.000000292. The van der Waals surface area contributed by atoms with Crippen molar-refractivity contribution in [3.8, 4) is 0 Å². The zero-order valence-electron chi connectivity index (χ0n) is 7.63. The number of rotatable bonds is 1. The van der Waals surface area contributed by atoms with Crippen molar-refractivity contribution in [2.75, 3.05) is 27.7 Å². The second-order valence-electron chi connectivity index (χ2n) is 2.83. The molecule has 11 heavy (non-hydrogen) atoms. The molecule has 0 aromatic rings. The molecular formula is C8H18N2O. The molecule has 0 amide bonds. The number of carbonyl (C=O) groups is 1. The van der Waals surface area contributed by atoms with Gasteiger partial charge in [0.2, 0.25) is 0 Å². The van der Waals surface area contributed by atoms with Crippen molar-refractivity contribution in [1.82, 2.24) is 10.2 Å². The first kappa shape index (κ1) is 10.6. The highest BCUT2D eigenvalue weighted by atomic mass is 16.1. The van der Waals surface area contributed by atoms with Gasteiger partial charge < -0.3 is 10.1 Å². The van der Waals surface area contributed by atoms with Gasteiger partial charge in [0.05, 0.1) is 6.04 Å². The molecule has 0 aliphatic carbocycles. The van der Waals surface area contributed by atoms with Gasteiger partial charge in [-0.1, -0.05) is 0 Å². The Labute approximate surface area is 68.8 Å². The average Bonchev–Trinajstić information content (AvgIpc) is 2.36. The number of aldehydes is 1. The molecule has 1 N–H and O–H groups in total.